The maximum atomic E-state index is 13.2. The molecule has 1 aliphatic rings. The lowest BCUT2D eigenvalue weighted by Gasteiger charge is -2.36. The Hall–Kier alpha value is -2.75. The fourth-order valence-corrected chi connectivity index (χ4v) is 5.41. The number of nitrogens with zero attached hydrogens (tertiary/aromatic N) is 1. The molecule has 0 bridgehead atoms. The number of methoxy groups -OCH3 is 1. The van der Waals surface area contributed by atoms with E-state index in [1.807, 2.05) is 42.6 Å². The van der Waals surface area contributed by atoms with Crippen LogP contribution >= 0.6 is 11.3 Å². The molecule has 3 amide bonds. The van der Waals surface area contributed by atoms with Crippen molar-refractivity contribution in [3.63, 3.8) is 0 Å². The number of thiophene rings is 1. The number of rotatable bonds is 11. The van der Waals surface area contributed by atoms with Gasteiger partial charge in [0.2, 0.25) is 0 Å². The first-order valence-corrected chi connectivity index (χ1v) is 13.1. The first-order valence-electron chi connectivity index (χ1n) is 12.2. The van der Waals surface area contributed by atoms with Gasteiger partial charge in [-0.3, -0.25) is 14.4 Å². The number of hydrogen-bond acceptors (Lipinski definition) is 5. The molecule has 3 rings (SSSR count). The number of benzene rings is 1. The molecule has 1 fully saturated rings. The molecule has 8 nitrogen and oxygen atoms in total. The molecule has 2 heterocycles. The molecule has 1 saturated heterocycles. The second-order valence-corrected chi connectivity index (χ2v) is 10.1. The molecule has 0 saturated carbocycles. The van der Waals surface area contributed by atoms with Crippen molar-refractivity contribution in [1.29, 1.82) is 0 Å². The predicted molar refractivity (Wildman–Crippen MR) is 138 cm³/mol. The van der Waals surface area contributed by atoms with Crippen LogP contribution < -0.4 is 16.0 Å². The molecule has 0 aliphatic carbocycles. The Labute approximate surface area is 211 Å². The van der Waals surface area contributed by atoms with Gasteiger partial charge in [-0.05, 0) is 49.1 Å². The Morgan fingerprint density at radius 2 is 1.66 bits per heavy atom. The van der Waals surface area contributed by atoms with Crippen molar-refractivity contribution >= 4 is 34.7 Å². The van der Waals surface area contributed by atoms with Crippen molar-refractivity contribution in [2.24, 2.45) is 0 Å². The van der Waals surface area contributed by atoms with Crippen molar-refractivity contribution in [3.05, 3.63) is 51.7 Å². The van der Waals surface area contributed by atoms with Crippen molar-refractivity contribution in [2.75, 3.05) is 51.8 Å². The number of aryl methyl sites for hydroxylation is 1. The summed E-state index contributed by atoms with van der Waals surface area (Å²) < 4.78 is 5.43. The van der Waals surface area contributed by atoms with Crippen LogP contribution in [0.15, 0.2) is 35.7 Å². The molecule has 9 heteroatoms. The minimum Gasteiger partial charge on any atom is -0.383 e. The number of carbonyl (C=O) groups excluding carboxylic acids is 3. The van der Waals surface area contributed by atoms with Crippen LogP contribution in [0.2, 0.25) is 0 Å². The third-order valence-electron chi connectivity index (χ3n) is 6.34. The van der Waals surface area contributed by atoms with Gasteiger partial charge in [-0.15, -0.1) is 11.3 Å². The fraction of sp³-hybridized carbons (Fsp3) is 0.500. The molecule has 1 aliphatic heterocycles. The molecular formula is C26H37N4O4S+. The van der Waals surface area contributed by atoms with Crippen molar-refractivity contribution < 1.29 is 23.6 Å². The summed E-state index contributed by atoms with van der Waals surface area (Å²) >= 11 is 1.31. The van der Waals surface area contributed by atoms with Crippen LogP contribution in [0.1, 0.15) is 46.5 Å². The molecule has 0 atom stereocenters. The minimum absolute atomic E-state index is 0.0477. The van der Waals surface area contributed by atoms with E-state index in [9.17, 15) is 14.4 Å². The normalized spacial score (nSPS) is 15.1. The van der Waals surface area contributed by atoms with Gasteiger partial charge in [0.15, 0.2) is 13.1 Å². The lowest BCUT2D eigenvalue weighted by atomic mass is 10.2. The van der Waals surface area contributed by atoms with Gasteiger partial charge in [0.05, 0.1) is 25.4 Å². The van der Waals surface area contributed by atoms with Crippen LogP contribution in [-0.4, -0.2) is 68.6 Å². The number of anilines is 1. The van der Waals surface area contributed by atoms with E-state index in [0.29, 0.717) is 34.7 Å². The van der Waals surface area contributed by atoms with E-state index < -0.39 is 0 Å². The largest absolute Gasteiger partial charge is 0.383 e. The molecule has 0 unspecified atom stereocenters. The highest BCUT2D eigenvalue weighted by Gasteiger charge is 2.34. The number of carbonyl (C=O) groups is 3. The summed E-state index contributed by atoms with van der Waals surface area (Å²) in [6.07, 6.45) is 4.21. The van der Waals surface area contributed by atoms with E-state index >= 15 is 0 Å². The van der Waals surface area contributed by atoms with Crippen LogP contribution in [0.3, 0.4) is 0 Å². The van der Waals surface area contributed by atoms with E-state index in [2.05, 4.69) is 16.0 Å². The molecular weight excluding hydrogens is 464 g/mol. The smallest absolute Gasteiger partial charge is 0.279 e. The van der Waals surface area contributed by atoms with Crippen molar-refractivity contribution in [1.82, 2.24) is 10.6 Å². The summed E-state index contributed by atoms with van der Waals surface area (Å²) in [4.78, 5) is 39.2. The Bertz CT molecular complexity index is 984. The zero-order valence-electron chi connectivity index (χ0n) is 20.7. The number of ether oxygens (including phenoxy) is 1. The Morgan fingerprint density at radius 1 is 0.971 bits per heavy atom. The maximum Gasteiger partial charge on any atom is 0.279 e. The second-order valence-electron chi connectivity index (χ2n) is 9.20. The third-order valence-corrected chi connectivity index (χ3v) is 7.44. The van der Waals surface area contributed by atoms with Gasteiger partial charge >= 0.3 is 0 Å². The molecule has 35 heavy (non-hydrogen) atoms. The van der Waals surface area contributed by atoms with Crippen LogP contribution in [0.4, 0.5) is 5.69 Å². The highest BCUT2D eigenvalue weighted by Crippen LogP contribution is 2.28. The van der Waals surface area contributed by atoms with Crippen LogP contribution in [-0.2, 0) is 20.9 Å². The van der Waals surface area contributed by atoms with E-state index in [-0.39, 0.29) is 30.8 Å². The summed E-state index contributed by atoms with van der Waals surface area (Å²) in [7, 11) is 1.58. The van der Waals surface area contributed by atoms with Crippen molar-refractivity contribution in [2.45, 2.75) is 39.2 Å². The number of likely N-dealkylation sites (tertiary alicyclic amines) is 1. The standard InChI is InChI=1S/C26H36N4O4S/c1-20-19-35-25(26(33)27-12-15-34-2)24(20)29-23(32)18-30(13-8-3-4-9-14-30)17-22(31)28-16-21-10-6-5-7-11-21/h5-7,10-11,19H,3-4,8-9,12-18H2,1-2H3,(H2-,27,28,29,31,32,33)/p+1. The molecule has 1 aromatic heterocycles. The van der Waals surface area contributed by atoms with Gasteiger partial charge in [0, 0.05) is 20.2 Å². The zero-order valence-corrected chi connectivity index (χ0v) is 21.5. The molecule has 1 aromatic carbocycles. The monoisotopic (exact) mass is 501 g/mol. The Kier molecular flexibility index (Phi) is 10.3. The van der Waals surface area contributed by atoms with Crippen LogP contribution in [0.25, 0.3) is 0 Å². The van der Waals surface area contributed by atoms with Gasteiger partial charge in [0.25, 0.3) is 17.7 Å². The summed E-state index contributed by atoms with van der Waals surface area (Å²) in [6.45, 7) is 5.24. The SMILES string of the molecule is COCCNC(=O)c1scc(C)c1NC(=O)C[N+]1(CC(=O)NCc2ccccc2)CCCCCC1. The zero-order chi connectivity index (χ0) is 25.1. The molecule has 3 N–H and O–H groups in total. The number of hydrogen-bond donors (Lipinski definition) is 3. The first kappa shape index (κ1) is 26.8. The average molecular weight is 502 g/mol. The van der Waals surface area contributed by atoms with Crippen LogP contribution in [0.5, 0.6) is 0 Å². The molecule has 0 radical (unpaired) electrons. The summed E-state index contributed by atoms with van der Waals surface area (Å²) in [5.74, 6) is -0.446. The summed E-state index contributed by atoms with van der Waals surface area (Å²) in [6, 6.07) is 9.82. The van der Waals surface area contributed by atoms with E-state index in [0.717, 1.165) is 49.9 Å². The van der Waals surface area contributed by atoms with Gasteiger partial charge in [-0.2, -0.15) is 0 Å². The van der Waals surface area contributed by atoms with E-state index in [1.54, 1.807) is 7.11 Å². The van der Waals surface area contributed by atoms with E-state index in [4.69, 9.17) is 4.74 Å². The van der Waals surface area contributed by atoms with Gasteiger partial charge in [0.1, 0.15) is 4.88 Å². The Balaban J connectivity index is 1.66. The first-order chi connectivity index (χ1) is 16.9. The average Bonchev–Trinajstić information content (AvgIpc) is 3.05. The molecule has 0 spiro atoms. The summed E-state index contributed by atoms with van der Waals surface area (Å²) in [5.41, 5.74) is 2.45. The fourth-order valence-electron chi connectivity index (χ4n) is 4.49. The maximum absolute atomic E-state index is 13.2. The third kappa shape index (κ3) is 8.16. The van der Waals surface area contributed by atoms with Crippen LogP contribution in [0, 0.1) is 6.92 Å². The second kappa shape index (κ2) is 13.4. The predicted octanol–water partition coefficient (Wildman–Crippen LogP) is 3.08. The highest BCUT2D eigenvalue weighted by molar-refractivity contribution is 7.13. The summed E-state index contributed by atoms with van der Waals surface area (Å²) in [5, 5.41) is 10.7. The molecule has 190 valence electrons. The number of nitrogens with one attached hydrogen (secondary N) is 3. The van der Waals surface area contributed by atoms with Gasteiger partial charge in [-0.25, -0.2) is 0 Å². The quantitative estimate of drug-likeness (QED) is 0.326. The van der Waals surface area contributed by atoms with Gasteiger partial charge < -0.3 is 25.2 Å². The lowest BCUT2D eigenvalue weighted by molar-refractivity contribution is -0.912. The minimum atomic E-state index is -0.227. The van der Waals surface area contributed by atoms with Gasteiger partial charge in [-0.1, -0.05) is 30.3 Å². The lowest BCUT2D eigenvalue weighted by Crippen LogP contribution is -2.57. The topological polar surface area (TPSA) is 96.5 Å². The highest BCUT2D eigenvalue weighted by atomic mass is 32.1. The Morgan fingerprint density at radius 3 is 2.34 bits per heavy atom. The number of amides is 3. The molecule has 2 aromatic rings. The van der Waals surface area contributed by atoms with E-state index in [1.165, 1.54) is 11.3 Å². The van der Waals surface area contributed by atoms with Crippen molar-refractivity contribution in [3.8, 4) is 0 Å². The number of quaternary nitrogens is 1.